The fraction of sp³-hybridized carbons (Fsp3) is 0.611. The highest BCUT2D eigenvalue weighted by molar-refractivity contribution is 7.91. The number of nitro groups is 1. The van der Waals surface area contributed by atoms with Gasteiger partial charge in [0.2, 0.25) is 11.7 Å². The van der Waals surface area contributed by atoms with Gasteiger partial charge in [-0.1, -0.05) is 19.3 Å². The summed E-state index contributed by atoms with van der Waals surface area (Å²) in [5, 5.41) is 13.7. The second kappa shape index (κ2) is 8.42. The highest BCUT2D eigenvalue weighted by Crippen LogP contribution is 2.29. The average Bonchev–Trinajstić information content (AvgIpc) is 3.01. The van der Waals surface area contributed by atoms with Crippen LogP contribution in [0.15, 0.2) is 18.2 Å². The molecule has 1 aromatic rings. The number of benzene rings is 1. The molecule has 0 bridgehead atoms. The number of carbonyl (C=O) groups excluding carboxylic acids is 1. The lowest BCUT2D eigenvalue weighted by Gasteiger charge is -2.38. The number of rotatable bonds is 6. The Labute approximate surface area is 163 Å². The second-order valence-electron chi connectivity index (χ2n) is 7.43. The SMILES string of the molecule is O=C(CNc1ccc(F)c([N+](=O)[O-])c1)N(C1CCCCC1)C1CCS(=O)(=O)C1. The normalized spacial score (nSPS) is 22.0. The number of anilines is 1. The molecule has 1 aliphatic carbocycles. The Morgan fingerprint density at radius 3 is 2.54 bits per heavy atom. The molecule has 3 rings (SSSR count). The number of hydrogen-bond acceptors (Lipinski definition) is 6. The number of amides is 1. The van der Waals surface area contributed by atoms with E-state index in [9.17, 15) is 27.7 Å². The fourth-order valence-electron chi connectivity index (χ4n) is 4.09. The van der Waals surface area contributed by atoms with E-state index in [0.717, 1.165) is 44.2 Å². The molecule has 0 aromatic heterocycles. The van der Waals surface area contributed by atoms with Crippen LogP contribution < -0.4 is 5.32 Å². The topological polar surface area (TPSA) is 110 Å². The first-order valence-corrected chi connectivity index (χ1v) is 11.3. The predicted octanol–water partition coefficient (Wildman–Crippen LogP) is 2.49. The van der Waals surface area contributed by atoms with Gasteiger partial charge in [0.25, 0.3) is 0 Å². The molecule has 1 unspecified atom stereocenters. The molecular weight excluding hydrogens is 389 g/mol. The molecule has 0 radical (unpaired) electrons. The molecule has 1 aliphatic heterocycles. The first-order chi connectivity index (χ1) is 13.3. The smallest absolute Gasteiger partial charge is 0.306 e. The van der Waals surface area contributed by atoms with Gasteiger partial charge in [0, 0.05) is 23.8 Å². The van der Waals surface area contributed by atoms with Crippen LogP contribution in [0.3, 0.4) is 0 Å². The van der Waals surface area contributed by atoms with Crippen molar-refractivity contribution in [1.82, 2.24) is 4.90 Å². The summed E-state index contributed by atoms with van der Waals surface area (Å²) < 4.78 is 37.3. The van der Waals surface area contributed by atoms with Crippen molar-refractivity contribution in [2.24, 2.45) is 0 Å². The maximum atomic E-state index is 13.5. The zero-order valence-corrected chi connectivity index (χ0v) is 16.3. The van der Waals surface area contributed by atoms with Gasteiger partial charge < -0.3 is 10.2 Å². The lowest BCUT2D eigenvalue weighted by molar-refractivity contribution is -0.387. The number of sulfone groups is 1. The predicted molar refractivity (Wildman–Crippen MR) is 102 cm³/mol. The lowest BCUT2D eigenvalue weighted by atomic mass is 9.93. The van der Waals surface area contributed by atoms with E-state index in [1.807, 2.05) is 0 Å². The molecule has 1 N–H and O–H groups in total. The number of nitrogens with one attached hydrogen (secondary N) is 1. The third kappa shape index (κ3) is 4.78. The highest BCUT2D eigenvalue weighted by atomic mass is 32.2. The Hall–Kier alpha value is -2.23. The summed E-state index contributed by atoms with van der Waals surface area (Å²) in [7, 11) is -3.13. The quantitative estimate of drug-likeness (QED) is 0.567. The molecular formula is C18H24FN3O5S. The van der Waals surface area contributed by atoms with Crippen LogP contribution in [0.2, 0.25) is 0 Å². The molecule has 2 fully saturated rings. The summed E-state index contributed by atoms with van der Waals surface area (Å²) in [6, 6.07) is 3.05. The molecule has 1 saturated heterocycles. The van der Waals surface area contributed by atoms with Gasteiger partial charge >= 0.3 is 5.69 Å². The van der Waals surface area contributed by atoms with Gasteiger partial charge in [-0.25, -0.2) is 8.42 Å². The summed E-state index contributed by atoms with van der Waals surface area (Å²) in [5.41, 5.74) is -0.396. The molecule has 1 aromatic carbocycles. The van der Waals surface area contributed by atoms with Crippen molar-refractivity contribution in [1.29, 1.82) is 0 Å². The second-order valence-corrected chi connectivity index (χ2v) is 9.66. The van der Waals surface area contributed by atoms with Crippen LogP contribution in [0.1, 0.15) is 38.5 Å². The van der Waals surface area contributed by atoms with Gasteiger partial charge in [-0.2, -0.15) is 4.39 Å². The fourth-order valence-corrected chi connectivity index (χ4v) is 5.80. The molecule has 1 heterocycles. The Morgan fingerprint density at radius 1 is 1.21 bits per heavy atom. The zero-order chi connectivity index (χ0) is 20.3. The monoisotopic (exact) mass is 413 g/mol. The Balaban J connectivity index is 1.72. The van der Waals surface area contributed by atoms with Crippen LogP contribution in [0, 0.1) is 15.9 Å². The van der Waals surface area contributed by atoms with E-state index in [0.29, 0.717) is 6.42 Å². The van der Waals surface area contributed by atoms with Crippen molar-refractivity contribution in [3.8, 4) is 0 Å². The van der Waals surface area contributed by atoms with Gasteiger partial charge in [0.15, 0.2) is 9.84 Å². The van der Waals surface area contributed by atoms with Crippen molar-refractivity contribution in [2.75, 3.05) is 23.4 Å². The van der Waals surface area contributed by atoms with E-state index < -0.39 is 26.3 Å². The molecule has 8 nitrogen and oxygen atoms in total. The molecule has 2 aliphatic rings. The van der Waals surface area contributed by atoms with Crippen LogP contribution in [0.4, 0.5) is 15.8 Å². The number of nitrogens with zero attached hydrogens (tertiary/aromatic N) is 2. The Morgan fingerprint density at radius 2 is 1.93 bits per heavy atom. The molecule has 10 heteroatoms. The van der Waals surface area contributed by atoms with E-state index in [2.05, 4.69) is 5.32 Å². The van der Waals surface area contributed by atoms with Crippen LogP contribution in [0.5, 0.6) is 0 Å². The molecule has 1 saturated carbocycles. The van der Waals surface area contributed by atoms with Gasteiger partial charge in [-0.3, -0.25) is 14.9 Å². The number of carbonyl (C=O) groups is 1. The standard InChI is InChI=1S/C18H24FN3O5S/c19-16-7-6-13(10-17(16)22(24)25)20-11-18(23)21(14-4-2-1-3-5-14)15-8-9-28(26,27)12-15/h6-7,10,14-15,20H,1-5,8-9,11-12H2. The van der Waals surface area contributed by atoms with E-state index in [1.165, 1.54) is 6.07 Å². The number of nitro benzene ring substituents is 1. The average molecular weight is 413 g/mol. The minimum Gasteiger partial charge on any atom is -0.376 e. The summed E-state index contributed by atoms with van der Waals surface area (Å²) in [4.78, 5) is 24.7. The first-order valence-electron chi connectivity index (χ1n) is 9.46. The molecule has 1 amide bonds. The van der Waals surface area contributed by atoms with Crippen LogP contribution in [-0.2, 0) is 14.6 Å². The third-order valence-corrected chi connectivity index (χ3v) is 7.19. The summed E-state index contributed by atoms with van der Waals surface area (Å²) in [6.07, 6.45) is 5.26. The van der Waals surface area contributed by atoms with Crippen molar-refractivity contribution in [3.05, 3.63) is 34.1 Å². The summed E-state index contributed by atoms with van der Waals surface area (Å²) >= 11 is 0. The van der Waals surface area contributed by atoms with Crippen molar-refractivity contribution < 1.29 is 22.5 Å². The molecule has 28 heavy (non-hydrogen) atoms. The lowest BCUT2D eigenvalue weighted by Crippen LogP contribution is -2.50. The van der Waals surface area contributed by atoms with Gasteiger partial charge in [0.1, 0.15) is 0 Å². The van der Waals surface area contributed by atoms with Crippen LogP contribution >= 0.6 is 0 Å². The minimum atomic E-state index is -3.13. The minimum absolute atomic E-state index is 0.0166. The van der Waals surface area contributed by atoms with Gasteiger partial charge in [-0.05, 0) is 31.4 Å². The highest BCUT2D eigenvalue weighted by Gasteiger charge is 2.38. The van der Waals surface area contributed by atoms with E-state index in [-0.39, 0.29) is 41.7 Å². The number of halogens is 1. The largest absolute Gasteiger partial charge is 0.376 e. The van der Waals surface area contributed by atoms with Crippen LogP contribution in [0.25, 0.3) is 0 Å². The van der Waals surface area contributed by atoms with Crippen LogP contribution in [-0.4, -0.2) is 54.3 Å². The number of hydrogen-bond donors (Lipinski definition) is 1. The van der Waals surface area contributed by atoms with E-state index in [4.69, 9.17) is 0 Å². The van der Waals surface area contributed by atoms with Crippen molar-refractivity contribution in [2.45, 2.75) is 50.6 Å². The zero-order valence-electron chi connectivity index (χ0n) is 15.5. The first kappa shape index (κ1) is 20.5. The van der Waals surface area contributed by atoms with Gasteiger partial charge in [-0.15, -0.1) is 0 Å². The molecule has 1 atom stereocenters. The third-order valence-electron chi connectivity index (χ3n) is 5.44. The maximum Gasteiger partial charge on any atom is 0.306 e. The Kier molecular flexibility index (Phi) is 6.17. The summed E-state index contributed by atoms with van der Waals surface area (Å²) in [6.45, 7) is -0.129. The van der Waals surface area contributed by atoms with Crippen molar-refractivity contribution in [3.63, 3.8) is 0 Å². The molecule has 154 valence electrons. The van der Waals surface area contributed by atoms with Gasteiger partial charge in [0.05, 0.1) is 23.0 Å². The van der Waals surface area contributed by atoms with Crippen molar-refractivity contribution >= 4 is 27.1 Å². The molecule has 0 spiro atoms. The van der Waals surface area contributed by atoms with E-state index >= 15 is 0 Å². The maximum absolute atomic E-state index is 13.5. The summed E-state index contributed by atoms with van der Waals surface area (Å²) in [5.74, 6) is -1.11. The Bertz CT molecular complexity index is 855. The van der Waals surface area contributed by atoms with E-state index in [1.54, 1.807) is 4.90 Å².